The normalized spacial score (nSPS) is 15.6. The minimum absolute atomic E-state index is 0.00880. The van der Waals surface area contributed by atoms with E-state index in [1.807, 2.05) is 0 Å². The number of ether oxygens (including phenoxy) is 1. The van der Waals surface area contributed by atoms with Gasteiger partial charge in [-0.15, -0.1) is 0 Å². The summed E-state index contributed by atoms with van der Waals surface area (Å²) in [5.41, 5.74) is 2.54. The minimum Gasteiger partial charge on any atom is -0.507 e. The van der Waals surface area contributed by atoms with Crippen molar-refractivity contribution in [2.75, 3.05) is 31.7 Å². The number of phenolic OH excluding ortho intramolecular Hbond substituents is 1. The highest BCUT2D eigenvalue weighted by molar-refractivity contribution is 7.89. The highest BCUT2D eigenvalue weighted by Crippen LogP contribution is 2.29. The number of aromatic hydroxyl groups is 1. The first-order chi connectivity index (χ1) is 13.4. The van der Waals surface area contributed by atoms with Crippen LogP contribution >= 0.6 is 0 Å². The third kappa shape index (κ3) is 4.27. The first kappa shape index (κ1) is 19.7. The van der Waals surface area contributed by atoms with Gasteiger partial charge in [-0.3, -0.25) is 15.5 Å². The molecule has 0 unspecified atom stereocenters. The van der Waals surface area contributed by atoms with Crippen molar-refractivity contribution in [2.45, 2.75) is 4.90 Å². The Balaban J connectivity index is 1.85. The van der Waals surface area contributed by atoms with Gasteiger partial charge in [0.2, 0.25) is 10.0 Å². The van der Waals surface area contributed by atoms with Crippen molar-refractivity contribution in [1.29, 1.82) is 0 Å². The molecule has 2 aromatic carbocycles. The average Bonchev–Trinajstić information content (AvgIpc) is 2.70. The number of hydrogen-bond acceptors (Lipinski definition) is 8. The van der Waals surface area contributed by atoms with Crippen LogP contribution in [-0.4, -0.2) is 55.3 Å². The van der Waals surface area contributed by atoms with Gasteiger partial charge in [-0.1, -0.05) is 12.1 Å². The number of hydrazone groups is 1. The summed E-state index contributed by atoms with van der Waals surface area (Å²) < 4.78 is 31.7. The van der Waals surface area contributed by atoms with Crippen LogP contribution in [0.4, 0.5) is 11.4 Å². The first-order valence-corrected chi connectivity index (χ1v) is 9.77. The van der Waals surface area contributed by atoms with Crippen molar-refractivity contribution in [3.8, 4) is 5.75 Å². The van der Waals surface area contributed by atoms with Gasteiger partial charge in [0, 0.05) is 24.7 Å². The molecule has 148 valence electrons. The Kier molecular flexibility index (Phi) is 5.87. The van der Waals surface area contributed by atoms with Crippen molar-refractivity contribution >= 4 is 27.6 Å². The smallest absolute Gasteiger partial charge is 0.295 e. The molecule has 0 saturated carbocycles. The molecular formula is C17H18N4O6S. The summed E-state index contributed by atoms with van der Waals surface area (Å²) in [5.74, 6) is 0.00880. The van der Waals surface area contributed by atoms with E-state index in [2.05, 4.69) is 10.5 Å². The summed E-state index contributed by atoms with van der Waals surface area (Å²) in [4.78, 5) is 10.6. The van der Waals surface area contributed by atoms with Crippen LogP contribution < -0.4 is 5.43 Å². The standard InChI is InChI=1S/C17H18N4O6S/c22-17-4-2-1-3-13(17)12-18-19-15-6-5-14(11-16(15)21(23)24)28(25,26)20-7-9-27-10-8-20/h1-6,11-12,19,22H,7-10H2/b18-12+. The molecule has 0 spiro atoms. The number of para-hydroxylation sites is 1. The second-order valence-corrected chi connectivity index (χ2v) is 7.82. The van der Waals surface area contributed by atoms with E-state index in [1.54, 1.807) is 18.2 Å². The number of anilines is 1. The van der Waals surface area contributed by atoms with Crippen molar-refractivity contribution in [1.82, 2.24) is 4.31 Å². The monoisotopic (exact) mass is 406 g/mol. The Morgan fingerprint density at radius 3 is 2.61 bits per heavy atom. The molecule has 1 aliphatic rings. The van der Waals surface area contributed by atoms with Gasteiger partial charge in [-0.05, 0) is 24.3 Å². The highest BCUT2D eigenvalue weighted by atomic mass is 32.2. The maximum Gasteiger partial charge on any atom is 0.295 e. The van der Waals surface area contributed by atoms with Crippen molar-refractivity contribution in [3.05, 3.63) is 58.1 Å². The second-order valence-electron chi connectivity index (χ2n) is 5.88. The SMILES string of the molecule is O=[N+]([O-])c1cc(S(=O)(=O)N2CCOCC2)ccc1N/N=C/c1ccccc1O. The van der Waals surface area contributed by atoms with Crippen LogP contribution in [-0.2, 0) is 14.8 Å². The van der Waals surface area contributed by atoms with Crippen LogP contribution in [0.15, 0.2) is 52.5 Å². The lowest BCUT2D eigenvalue weighted by atomic mass is 10.2. The van der Waals surface area contributed by atoms with E-state index in [0.29, 0.717) is 5.56 Å². The maximum absolute atomic E-state index is 12.7. The molecule has 0 radical (unpaired) electrons. The number of nitrogens with one attached hydrogen (secondary N) is 1. The van der Waals surface area contributed by atoms with E-state index < -0.39 is 20.6 Å². The summed E-state index contributed by atoms with van der Waals surface area (Å²) in [5, 5.41) is 25.0. The Bertz CT molecular complexity index is 1000. The first-order valence-electron chi connectivity index (χ1n) is 8.33. The summed E-state index contributed by atoms with van der Waals surface area (Å²) in [6.45, 7) is 0.950. The van der Waals surface area contributed by atoms with E-state index in [0.717, 1.165) is 6.07 Å². The molecule has 1 saturated heterocycles. The van der Waals surface area contributed by atoms with Crippen LogP contribution in [0.3, 0.4) is 0 Å². The molecule has 28 heavy (non-hydrogen) atoms. The fraction of sp³-hybridized carbons (Fsp3) is 0.235. The zero-order valence-corrected chi connectivity index (χ0v) is 15.5. The van der Waals surface area contributed by atoms with Crippen LogP contribution in [0, 0.1) is 10.1 Å². The molecule has 1 aliphatic heterocycles. The fourth-order valence-corrected chi connectivity index (χ4v) is 4.05. The lowest BCUT2D eigenvalue weighted by molar-refractivity contribution is -0.384. The molecule has 0 amide bonds. The highest BCUT2D eigenvalue weighted by Gasteiger charge is 2.28. The molecule has 0 atom stereocenters. The predicted molar refractivity (Wildman–Crippen MR) is 102 cm³/mol. The summed E-state index contributed by atoms with van der Waals surface area (Å²) in [7, 11) is -3.85. The second kappa shape index (κ2) is 8.33. The largest absolute Gasteiger partial charge is 0.507 e. The maximum atomic E-state index is 12.7. The van der Waals surface area contributed by atoms with Crippen molar-refractivity contribution in [3.63, 3.8) is 0 Å². The molecule has 2 N–H and O–H groups in total. The van der Waals surface area contributed by atoms with Gasteiger partial charge in [0.15, 0.2) is 0 Å². The van der Waals surface area contributed by atoms with Gasteiger partial charge in [-0.2, -0.15) is 9.41 Å². The Hall–Kier alpha value is -3.02. The number of nitro benzene ring substituents is 1. The third-order valence-electron chi connectivity index (χ3n) is 4.10. The van der Waals surface area contributed by atoms with Crippen molar-refractivity contribution < 1.29 is 23.2 Å². The quantitative estimate of drug-likeness (QED) is 0.424. The number of hydrogen-bond donors (Lipinski definition) is 2. The Morgan fingerprint density at radius 2 is 1.93 bits per heavy atom. The third-order valence-corrected chi connectivity index (χ3v) is 5.99. The average molecular weight is 406 g/mol. The molecule has 11 heteroatoms. The van der Waals surface area contributed by atoms with E-state index in [9.17, 15) is 23.6 Å². The fourth-order valence-electron chi connectivity index (χ4n) is 2.62. The Labute approximate surface area is 161 Å². The molecule has 1 fully saturated rings. The summed E-state index contributed by atoms with van der Waals surface area (Å²) >= 11 is 0. The molecule has 0 aromatic heterocycles. The zero-order chi connectivity index (χ0) is 20.1. The topological polar surface area (TPSA) is 134 Å². The number of rotatable bonds is 6. The molecule has 0 bridgehead atoms. The van der Waals surface area contributed by atoms with E-state index in [-0.39, 0.29) is 42.6 Å². The van der Waals surface area contributed by atoms with Crippen LogP contribution in [0.25, 0.3) is 0 Å². The van der Waals surface area contributed by atoms with E-state index in [4.69, 9.17) is 4.74 Å². The zero-order valence-electron chi connectivity index (χ0n) is 14.7. The lowest BCUT2D eigenvalue weighted by Crippen LogP contribution is -2.40. The van der Waals surface area contributed by atoms with Crippen LogP contribution in [0.2, 0.25) is 0 Å². The van der Waals surface area contributed by atoms with E-state index in [1.165, 1.54) is 28.7 Å². The molecule has 0 aliphatic carbocycles. The molecule has 3 rings (SSSR count). The number of nitro groups is 1. The molecule has 1 heterocycles. The molecule has 2 aromatic rings. The van der Waals surface area contributed by atoms with Gasteiger partial charge in [-0.25, -0.2) is 8.42 Å². The minimum atomic E-state index is -3.85. The van der Waals surface area contributed by atoms with Gasteiger partial charge in [0.25, 0.3) is 5.69 Å². The van der Waals surface area contributed by atoms with Gasteiger partial charge >= 0.3 is 0 Å². The lowest BCUT2D eigenvalue weighted by Gasteiger charge is -2.26. The van der Waals surface area contributed by atoms with Gasteiger partial charge < -0.3 is 9.84 Å². The van der Waals surface area contributed by atoms with Crippen LogP contribution in [0.5, 0.6) is 5.75 Å². The molecule has 10 nitrogen and oxygen atoms in total. The van der Waals surface area contributed by atoms with Crippen LogP contribution in [0.1, 0.15) is 5.56 Å². The van der Waals surface area contributed by atoms with Gasteiger partial charge in [0.1, 0.15) is 11.4 Å². The number of sulfonamides is 1. The molecular weight excluding hydrogens is 388 g/mol. The predicted octanol–water partition coefficient (Wildman–Crippen LogP) is 1.77. The number of morpholine rings is 1. The number of nitrogens with zero attached hydrogens (tertiary/aromatic N) is 3. The van der Waals surface area contributed by atoms with Crippen molar-refractivity contribution in [2.24, 2.45) is 5.10 Å². The number of phenols is 1. The van der Waals surface area contributed by atoms with Gasteiger partial charge in [0.05, 0.1) is 29.2 Å². The van der Waals surface area contributed by atoms with E-state index >= 15 is 0 Å². The summed E-state index contributed by atoms with van der Waals surface area (Å²) in [6.07, 6.45) is 1.30. The summed E-state index contributed by atoms with van der Waals surface area (Å²) in [6, 6.07) is 10.0. The number of benzene rings is 2. The Morgan fingerprint density at radius 1 is 1.21 bits per heavy atom.